The Bertz CT molecular complexity index is 1610. The molecule has 1 aromatic carbocycles. The van der Waals surface area contributed by atoms with Gasteiger partial charge in [-0.05, 0) is 89.7 Å². The third-order valence-electron chi connectivity index (χ3n) is 10.7. The summed E-state index contributed by atoms with van der Waals surface area (Å²) in [6.07, 6.45) is 11.6. The Morgan fingerprint density at radius 3 is 2.43 bits per heavy atom. The summed E-state index contributed by atoms with van der Waals surface area (Å²) in [5, 5.41) is 12.7. The largest absolute Gasteiger partial charge is 0.493 e. The predicted molar refractivity (Wildman–Crippen MR) is 213 cm³/mol. The number of hydrogen-bond acceptors (Lipinski definition) is 9. The number of ether oxygens (including phenoxy) is 1. The lowest BCUT2D eigenvalue weighted by Gasteiger charge is -2.32. The van der Waals surface area contributed by atoms with Gasteiger partial charge in [-0.3, -0.25) is 19.2 Å². The molecule has 2 heterocycles. The van der Waals surface area contributed by atoms with Crippen LogP contribution in [0.2, 0.25) is 0 Å². The minimum atomic E-state index is -0.942. The number of nitrogens with two attached hydrogens (primary N) is 1. The first-order valence-corrected chi connectivity index (χ1v) is 20.9. The average Bonchev–Trinajstić information content (AvgIpc) is 3.56. The number of halogens is 1. The highest BCUT2D eigenvalue weighted by molar-refractivity contribution is 7.11. The fourth-order valence-corrected chi connectivity index (χ4v) is 9.00. The van der Waals surface area contributed by atoms with Gasteiger partial charge < -0.3 is 36.6 Å². The van der Waals surface area contributed by atoms with E-state index in [4.69, 9.17) is 27.1 Å². The van der Waals surface area contributed by atoms with E-state index in [2.05, 4.69) is 26.2 Å². The summed E-state index contributed by atoms with van der Waals surface area (Å²) < 4.78 is 5.82. The number of carbonyl (C=O) groups is 4. The molecule has 3 aliphatic rings. The molecule has 0 bridgehead atoms. The van der Waals surface area contributed by atoms with Gasteiger partial charge in [-0.1, -0.05) is 44.0 Å². The molecule has 0 spiro atoms. The number of para-hydroxylation sites is 1. The molecule has 14 heteroatoms. The zero-order chi connectivity index (χ0) is 38.6. The maximum absolute atomic E-state index is 14.4. The zero-order valence-corrected chi connectivity index (χ0v) is 33.5. The fourth-order valence-electron chi connectivity index (χ4n) is 7.52. The third kappa shape index (κ3) is 12.0. The number of amides is 4. The second-order valence-electron chi connectivity index (χ2n) is 15.2. The van der Waals surface area contributed by atoms with Crippen molar-refractivity contribution >= 4 is 52.6 Å². The lowest BCUT2D eigenvalue weighted by molar-refractivity contribution is -0.134. The van der Waals surface area contributed by atoms with Crippen molar-refractivity contribution in [1.29, 1.82) is 0 Å². The van der Waals surface area contributed by atoms with E-state index < -0.39 is 29.9 Å². The molecule has 4 amide bonds. The van der Waals surface area contributed by atoms with Crippen molar-refractivity contribution < 1.29 is 23.9 Å². The number of allylic oxidation sites excluding steroid dienone is 1. The topological polar surface area (TPSA) is 168 Å². The van der Waals surface area contributed by atoms with Crippen molar-refractivity contribution in [2.24, 2.45) is 17.6 Å². The molecule has 1 aliphatic heterocycles. The number of benzene rings is 1. The Balaban J connectivity index is 1.34. The highest BCUT2D eigenvalue weighted by Crippen LogP contribution is 2.33. The van der Waals surface area contributed by atoms with E-state index >= 15 is 0 Å². The van der Waals surface area contributed by atoms with Crippen LogP contribution in [0.3, 0.4) is 0 Å². The van der Waals surface area contributed by atoms with Crippen LogP contribution in [0.15, 0.2) is 30.3 Å². The van der Waals surface area contributed by atoms with E-state index in [1.165, 1.54) is 11.3 Å². The van der Waals surface area contributed by atoms with Gasteiger partial charge in [-0.25, -0.2) is 4.98 Å². The summed E-state index contributed by atoms with van der Waals surface area (Å²) in [6.45, 7) is 3.70. The average molecular weight is 784 g/mol. The first kappa shape index (κ1) is 41.6. The van der Waals surface area contributed by atoms with Crippen LogP contribution in [-0.2, 0) is 32.0 Å². The maximum atomic E-state index is 14.4. The van der Waals surface area contributed by atoms with Crippen LogP contribution in [0.5, 0.6) is 5.75 Å². The van der Waals surface area contributed by atoms with Gasteiger partial charge in [-0.2, -0.15) is 0 Å². The second-order valence-corrected chi connectivity index (χ2v) is 16.9. The van der Waals surface area contributed by atoms with Crippen molar-refractivity contribution in [2.75, 3.05) is 33.8 Å². The zero-order valence-electron chi connectivity index (χ0n) is 31.9. The summed E-state index contributed by atoms with van der Waals surface area (Å²) in [7, 11) is 4.02. The standard InChI is InChI=1S/C40H58ClN7O5S/c1-4-36(49)43-33(23-37-44-30-17-16-27(41)22-35(30)54-37)40(52)47-32(21-25-12-14-26(24-42)15-13-25)39(51)46-31(10-7-8-19-48(2)3)38(50)45-29-18-20-53-34-11-6-5-9-28(29)34/h5-6,9,11,16-17,25-27,29,31-33H,4,7-8,10,12-15,18-24,42H2,1-3H3,(H,43,49)(H,45,50)(H,46,51)(H,47,52)/t25?,26?,27?,29-,31+,32+,33+/m1/s1. The lowest BCUT2D eigenvalue weighted by Crippen LogP contribution is -2.57. The van der Waals surface area contributed by atoms with Crippen LogP contribution in [0.25, 0.3) is 6.08 Å². The number of alkyl halides is 1. The number of nitrogens with zero attached hydrogens (tertiary/aromatic N) is 2. The normalized spacial score (nSPS) is 22.2. The SMILES string of the molecule is CCC(=O)N[C@@H](Cc1nc2c(s1)CC(Cl)C=C2)C(=O)N[C@@H](CC1CCC(CN)CC1)C(=O)N[C@@H](CCCCN(C)C)C(=O)N[C@@H]1CCOc2ccccc21. The third-order valence-corrected chi connectivity index (χ3v) is 12.1. The number of carbonyl (C=O) groups excluding carboxylic acids is 4. The molecule has 1 unspecified atom stereocenters. The summed E-state index contributed by atoms with van der Waals surface area (Å²) in [5.41, 5.74) is 7.72. The number of nitrogens with one attached hydrogen (secondary N) is 4. The molecule has 0 saturated heterocycles. The molecule has 5 atom stereocenters. The van der Waals surface area contributed by atoms with E-state index in [1.807, 2.05) is 50.5 Å². The Kier molecular flexibility index (Phi) is 15.7. The first-order chi connectivity index (χ1) is 26.0. The van der Waals surface area contributed by atoms with E-state index in [9.17, 15) is 19.2 Å². The highest BCUT2D eigenvalue weighted by Gasteiger charge is 2.34. The number of unbranched alkanes of at least 4 members (excludes halogenated alkanes) is 1. The molecule has 2 aliphatic carbocycles. The molecule has 0 radical (unpaired) electrons. The molecule has 6 N–H and O–H groups in total. The highest BCUT2D eigenvalue weighted by atomic mass is 35.5. The van der Waals surface area contributed by atoms with Crippen molar-refractivity contribution in [1.82, 2.24) is 31.2 Å². The molecule has 5 rings (SSSR count). The van der Waals surface area contributed by atoms with E-state index in [0.29, 0.717) is 49.8 Å². The molecule has 54 heavy (non-hydrogen) atoms. The Morgan fingerprint density at radius 2 is 1.69 bits per heavy atom. The van der Waals surface area contributed by atoms with Gasteiger partial charge in [0.1, 0.15) is 23.9 Å². The van der Waals surface area contributed by atoms with E-state index in [0.717, 1.165) is 67.0 Å². The molecule has 1 aromatic heterocycles. The van der Waals surface area contributed by atoms with Gasteiger partial charge in [0, 0.05) is 36.1 Å². The van der Waals surface area contributed by atoms with E-state index in [-0.39, 0.29) is 42.0 Å². The van der Waals surface area contributed by atoms with Crippen molar-refractivity contribution in [3.8, 4) is 5.75 Å². The summed E-state index contributed by atoms with van der Waals surface area (Å²) in [4.78, 5) is 63.1. The Labute approximate surface area is 328 Å². The van der Waals surface area contributed by atoms with Crippen LogP contribution < -0.4 is 31.7 Å². The number of thiazole rings is 1. The van der Waals surface area contributed by atoms with Crippen LogP contribution in [0.1, 0.15) is 98.3 Å². The summed E-state index contributed by atoms with van der Waals surface area (Å²) in [6, 6.07) is 4.77. The lowest BCUT2D eigenvalue weighted by atomic mass is 9.79. The van der Waals surface area contributed by atoms with E-state index in [1.54, 1.807) is 6.92 Å². The van der Waals surface area contributed by atoms with Crippen LogP contribution >= 0.6 is 22.9 Å². The molecular formula is C40H58ClN7O5S. The van der Waals surface area contributed by atoms with Crippen LogP contribution in [-0.4, -0.2) is 90.8 Å². The quantitative estimate of drug-likeness (QED) is 0.111. The monoisotopic (exact) mass is 783 g/mol. The number of hydrogen-bond donors (Lipinski definition) is 5. The Morgan fingerprint density at radius 1 is 0.963 bits per heavy atom. The molecule has 1 saturated carbocycles. The maximum Gasteiger partial charge on any atom is 0.243 e. The molecule has 296 valence electrons. The number of rotatable bonds is 18. The van der Waals surface area contributed by atoms with Gasteiger partial charge in [0.25, 0.3) is 0 Å². The first-order valence-electron chi connectivity index (χ1n) is 19.6. The summed E-state index contributed by atoms with van der Waals surface area (Å²) >= 11 is 7.83. The number of aromatic nitrogens is 1. The van der Waals surface area contributed by atoms with Gasteiger partial charge in [0.2, 0.25) is 23.6 Å². The van der Waals surface area contributed by atoms with Gasteiger partial charge in [-0.15, -0.1) is 22.9 Å². The van der Waals surface area contributed by atoms with Crippen LogP contribution in [0.4, 0.5) is 0 Å². The minimum Gasteiger partial charge on any atom is -0.493 e. The molecule has 12 nitrogen and oxygen atoms in total. The van der Waals surface area contributed by atoms with Crippen molar-refractivity contribution in [3.63, 3.8) is 0 Å². The Hall–Kier alpha value is -3.52. The van der Waals surface area contributed by atoms with Crippen molar-refractivity contribution in [2.45, 2.75) is 114 Å². The second kappa shape index (κ2) is 20.4. The summed E-state index contributed by atoms with van der Waals surface area (Å²) in [5.74, 6) is -0.0182. The van der Waals surface area contributed by atoms with Gasteiger partial charge in [0.15, 0.2) is 0 Å². The van der Waals surface area contributed by atoms with Gasteiger partial charge >= 0.3 is 0 Å². The molecule has 1 fully saturated rings. The van der Waals surface area contributed by atoms with Gasteiger partial charge in [0.05, 0.1) is 28.7 Å². The molecule has 2 aromatic rings. The van der Waals surface area contributed by atoms with Crippen LogP contribution in [0, 0.1) is 11.8 Å². The van der Waals surface area contributed by atoms with Crippen molar-refractivity contribution in [3.05, 3.63) is 51.5 Å². The smallest absolute Gasteiger partial charge is 0.243 e. The molecular weight excluding hydrogens is 726 g/mol. The predicted octanol–water partition coefficient (Wildman–Crippen LogP) is 4.25. The number of fused-ring (bicyclic) bond motifs is 2. The minimum absolute atomic E-state index is 0.115. The fraction of sp³-hybridized carbons (Fsp3) is 0.625.